The third kappa shape index (κ3) is 7.78. The van der Waals surface area contributed by atoms with Gasteiger partial charge < -0.3 is 31.3 Å². The van der Waals surface area contributed by atoms with Crippen LogP contribution in [0.2, 0.25) is 0 Å². The molecule has 0 amide bonds. The Morgan fingerprint density at radius 2 is 1.82 bits per heavy atom. The summed E-state index contributed by atoms with van der Waals surface area (Å²) < 4.78 is 0. The van der Waals surface area contributed by atoms with Crippen LogP contribution >= 0.6 is 11.8 Å². The standard InChI is InChI=1S/C22H21N5O3S.CH3O.K/c28-18(15-2-4-16(5-3-15)22(29)30)13-24-8-7-23-12-14-1-6-19-17(11-14)27-20-21(31-19)26-10-9-25-20;1-2;/h1-11,18,23-24,28H,12-13H2,(H,25,27)(H,29,30);1H3;/q;-1;+1/b8-7-;;. The van der Waals surface area contributed by atoms with Crippen molar-refractivity contribution in [3.8, 4) is 0 Å². The van der Waals surface area contributed by atoms with Crippen molar-refractivity contribution in [2.24, 2.45) is 0 Å². The molecule has 5 N–H and O–H groups in total. The number of aliphatic hydroxyl groups excluding tert-OH is 1. The number of benzene rings is 2. The molecular formula is C23H24KN5O4S. The number of anilines is 2. The summed E-state index contributed by atoms with van der Waals surface area (Å²) in [4.78, 5) is 20.6. The number of carboxylic acids is 1. The Kier molecular flexibility index (Phi) is 12.0. The van der Waals surface area contributed by atoms with Crippen molar-refractivity contribution in [3.63, 3.8) is 0 Å². The largest absolute Gasteiger partial charge is 1.00 e. The molecule has 3 aromatic rings. The number of hydrogen-bond acceptors (Lipinski definition) is 9. The normalized spacial score (nSPS) is 12.1. The Balaban J connectivity index is 0.00000133. The topological polar surface area (TPSA) is 142 Å². The summed E-state index contributed by atoms with van der Waals surface area (Å²) in [6, 6.07) is 12.4. The van der Waals surface area contributed by atoms with Gasteiger partial charge in [0.15, 0.2) is 5.82 Å². The van der Waals surface area contributed by atoms with Gasteiger partial charge in [-0.2, -0.15) is 7.11 Å². The van der Waals surface area contributed by atoms with Gasteiger partial charge in [0.2, 0.25) is 0 Å². The fourth-order valence-electron chi connectivity index (χ4n) is 3.03. The summed E-state index contributed by atoms with van der Waals surface area (Å²) in [5.41, 5.74) is 2.98. The van der Waals surface area contributed by atoms with E-state index in [0.29, 0.717) is 18.7 Å². The number of fused-ring (bicyclic) bond motifs is 2. The first-order chi connectivity index (χ1) is 16.1. The van der Waals surface area contributed by atoms with Gasteiger partial charge in [-0.25, -0.2) is 14.8 Å². The van der Waals surface area contributed by atoms with Crippen LogP contribution in [0.4, 0.5) is 11.5 Å². The predicted molar refractivity (Wildman–Crippen MR) is 124 cm³/mol. The molecule has 0 radical (unpaired) electrons. The van der Waals surface area contributed by atoms with Gasteiger partial charge >= 0.3 is 57.4 Å². The number of aromatic carboxylic acids is 1. The number of nitrogens with zero attached hydrogens (tertiary/aromatic N) is 2. The smallest absolute Gasteiger partial charge is 0.857 e. The van der Waals surface area contributed by atoms with E-state index in [0.717, 1.165) is 34.1 Å². The summed E-state index contributed by atoms with van der Waals surface area (Å²) in [6.45, 7) is 0.954. The third-order valence-corrected chi connectivity index (χ3v) is 5.72. The van der Waals surface area contributed by atoms with Crippen LogP contribution in [0.3, 0.4) is 0 Å². The third-order valence-electron chi connectivity index (χ3n) is 4.65. The molecule has 1 atom stereocenters. The Morgan fingerprint density at radius 1 is 1.12 bits per heavy atom. The Hall–Kier alpha value is -1.96. The molecule has 0 aliphatic carbocycles. The van der Waals surface area contributed by atoms with Crippen LogP contribution in [-0.4, -0.2) is 39.8 Å². The molecule has 1 aliphatic rings. The molecule has 2 aromatic carbocycles. The minimum absolute atomic E-state index is 0. The van der Waals surface area contributed by atoms with E-state index in [1.54, 1.807) is 48.7 Å². The molecule has 2 heterocycles. The minimum atomic E-state index is -0.986. The minimum Gasteiger partial charge on any atom is -0.857 e. The molecule has 1 aliphatic heterocycles. The average Bonchev–Trinajstić information content (AvgIpc) is 2.86. The van der Waals surface area contributed by atoms with E-state index < -0.39 is 12.1 Å². The molecule has 11 heteroatoms. The van der Waals surface area contributed by atoms with Crippen molar-refractivity contribution in [2.45, 2.75) is 22.6 Å². The van der Waals surface area contributed by atoms with Gasteiger partial charge in [0.25, 0.3) is 0 Å². The van der Waals surface area contributed by atoms with Crippen molar-refractivity contribution in [3.05, 3.63) is 83.9 Å². The summed E-state index contributed by atoms with van der Waals surface area (Å²) >= 11 is 1.60. The van der Waals surface area contributed by atoms with E-state index in [2.05, 4.69) is 44.1 Å². The Morgan fingerprint density at radius 3 is 2.56 bits per heavy atom. The van der Waals surface area contributed by atoms with Crippen molar-refractivity contribution < 1.29 is 71.5 Å². The monoisotopic (exact) mass is 505 g/mol. The quantitative estimate of drug-likeness (QED) is 0.194. The zero-order chi connectivity index (χ0) is 23.6. The first-order valence-corrected chi connectivity index (χ1v) is 10.8. The molecular weight excluding hydrogens is 481 g/mol. The van der Waals surface area contributed by atoms with Crippen LogP contribution in [-0.2, 0) is 6.54 Å². The number of carbonyl (C=O) groups is 1. The van der Waals surface area contributed by atoms with Crippen molar-refractivity contribution in [2.75, 3.05) is 19.0 Å². The van der Waals surface area contributed by atoms with E-state index in [-0.39, 0.29) is 56.9 Å². The van der Waals surface area contributed by atoms with Crippen molar-refractivity contribution >= 4 is 29.2 Å². The van der Waals surface area contributed by atoms with Crippen LogP contribution in [0.5, 0.6) is 0 Å². The molecule has 0 saturated carbocycles. The van der Waals surface area contributed by atoms with E-state index in [9.17, 15) is 9.90 Å². The van der Waals surface area contributed by atoms with Gasteiger partial charge in [-0.05, 0) is 35.4 Å². The molecule has 1 aromatic heterocycles. The van der Waals surface area contributed by atoms with E-state index in [1.165, 1.54) is 12.1 Å². The fourth-order valence-corrected chi connectivity index (χ4v) is 3.91. The Bertz CT molecular complexity index is 1110. The maximum absolute atomic E-state index is 10.9. The molecule has 9 nitrogen and oxygen atoms in total. The van der Waals surface area contributed by atoms with Crippen LogP contribution in [0.25, 0.3) is 0 Å². The first-order valence-electron chi connectivity index (χ1n) is 10.0. The van der Waals surface area contributed by atoms with Crippen LogP contribution in [0, 0.1) is 0 Å². The van der Waals surface area contributed by atoms with Gasteiger partial charge in [-0.3, -0.25) is 0 Å². The van der Waals surface area contributed by atoms with Crippen molar-refractivity contribution in [1.82, 2.24) is 20.6 Å². The number of nitrogens with one attached hydrogen (secondary N) is 3. The van der Waals surface area contributed by atoms with Gasteiger partial charge in [-0.1, -0.05) is 30.0 Å². The van der Waals surface area contributed by atoms with E-state index >= 15 is 0 Å². The van der Waals surface area contributed by atoms with Gasteiger partial charge in [0.05, 0.1) is 17.4 Å². The van der Waals surface area contributed by atoms with Crippen LogP contribution in [0.15, 0.2) is 77.2 Å². The molecule has 172 valence electrons. The summed E-state index contributed by atoms with van der Waals surface area (Å²) in [7, 11) is 0.750. The van der Waals surface area contributed by atoms with Crippen LogP contribution < -0.4 is 72.4 Å². The number of hydrogen-bond donors (Lipinski definition) is 5. The molecule has 0 fully saturated rings. The first kappa shape index (κ1) is 28.3. The number of aromatic nitrogens is 2. The average molecular weight is 506 g/mol. The summed E-state index contributed by atoms with van der Waals surface area (Å²) in [5, 5.41) is 37.8. The summed E-state index contributed by atoms with van der Waals surface area (Å²) in [6.07, 6.45) is 6.13. The SMILES string of the molecule is C[O-].O=C(O)c1ccc(C(O)CN/C=C\NCc2ccc3c(c2)Nc2nccnc2S3)cc1.[K+]. The fraction of sp³-hybridized carbons (Fsp3) is 0.174. The summed E-state index contributed by atoms with van der Waals surface area (Å²) in [5.74, 6) is -0.217. The van der Waals surface area contributed by atoms with Gasteiger partial charge in [-0.15, -0.1) is 0 Å². The second-order valence-corrected chi connectivity index (χ2v) is 7.86. The van der Waals surface area contributed by atoms with E-state index in [1.807, 2.05) is 0 Å². The Labute approximate surface area is 244 Å². The molecule has 34 heavy (non-hydrogen) atoms. The van der Waals surface area contributed by atoms with Gasteiger partial charge in [0.1, 0.15) is 5.03 Å². The molecule has 0 saturated heterocycles. The number of rotatable bonds is 8. The maximum Gasteiger partial charge on any atom is 1.00 e. The number of carboxylic acid groups (broad SMARTS) is 1. The zero-order valence-electron chi connectivity index (χ0n) is 18.9. The number of aliphatic hydroxyl groups is 1. The molecule has 4 rings (SSSR count). The predicted octanol–water partition coefficient (Wildman–Crippen LogP) is -0.752. The maximum atomic E-state index is 10.9. The molecule has 0 spiro atoms. The molecule has 0 bridgehead atoms. The second-order valence-electron chi connectivity index (χ2n) is 6.83. The van der Waals surface area contributed by atoms with E-state index in [4.69, 9.17) is 10.2 Å². The molecule has 1 unspecified atom stereocenters. The van der Waals surface area contributed by atoms with Gasteiger partial charge in [0, 0.05) is 42.8 Å². The second kappa shape index (κ2) is 14.4. The van der Waals surface area contributed by atoms with Crippen molar-refractivity contribution in [1.29, 1.82) is 0 Å². The zero-order valence-corrected chi connectivity index (χ0v) is 22.8. The van der Waals surface area contributed by atoms with Crippen LogP contribution in [0.1, 0.15) is 27.6 Å².